The first-order chi connectivity index (χ1) is 12.5. The molecule has 1 fully saturated rings. The predicted octanol–water partition coefficient (Wildman–Crippen LogP) is 2.87. The summed E-state index contributed by atoms with van der Waals surface area (Å²) in [7, 11) is 0. The van der Waals surface area contributed by atoms with Crippen LogP contribution in [0.5, 0.6) is 5.75 Å². The van der Waals surface area contributed by atoms with Crippen LogP contribution >= 0.6 is 0 Å². The summed E-state index contributed by atoms with van der Waals surface area (Å²) < 4.78 is 16.3. The molecule has 0 spiro atoms. The molecule has 0 bridgehead atoms. The Balaban J connectivity index is 1.43. The van der Waals surface area contributed by atoms with Gasteiger partial charge in [-0.2, -0.15) is 0 Å². The molecule has 0 radical (unpaired) electrons. The molecule has 1 aromatic heterocycles. The monoisotopic (exact) mass is 357 g/mol. The van der Waals surface area contributed by atoms with E-state index in [1.807, 2.05) is 38.1 Å². The van der Waals surface area contributed by atoms with Gasteiger partial charge in [0.2, 0.25) is 5.91 Å². The minimum Gasteiger partial charge on any atom is -0.489 e. The molecule has 1 saturated heterocycles. The maximum Gasteiger partial charge on any atom is 0.311 e. The van der Waals surface area contributed by atoms with Crippen LogP contribution < -0.4 is 4.74 Å². The second kappa shape index (κ2) is 8.08. The highest BCUT2D eigenvalue weighted by molar-refractivity contribution is 5.86. The Hall–Kier alpha value is -2.76. The van der Waals surface area contributed by atoms with Crippen LogP contribution in [0.4, 0.5) is 0 Å². The molecule has 2 aromatic rings. The first kappa shape index (κ1) is 18.0. The third-order valence-electron chi connectivity index (χ3n) is 4.46. The number of amides is 1. The molecule has 6 nitrogen and oxygen atoms in total. The number of carbonyl (C=O) groups is 2. The van der Waals surface area contributed by atoms with Crippen LogP contribution in [0.1, 0.15) is 23.3 Å². The summed E-state index contributed by atoms with van der Waals surface area (Å²) in [6, 6.07) is 9.52. The van der Waals surface area contributed by atoms with E-state index in [2.05, 4.69) is 0 Å². The van der Waals surface area contributed by atoms with Gasteiger partial charge in [0.05, 0.1) is 18.7 Å². The summed E-state index contributed by atoms with van der Waals surface area (Å²) in [6.45, 7) is 5.14. The highest BCUT2D eigenvalue weighted by Crippen LogP contribution is 2.23. The molecule has 1 aliphatic rings. The van der Waals surface area contributed by atoms with Crippen molar-refractivity contribution in [2.24, 2.45) is 5.92 Å². The topological polar surface area (TPSA) is 69.0 Å². The van der Waals surface area contributed by atoms with Crippen molar-refractivity contribution in [2.45, 2.75) is 26.8 Å². The Bertz CT molecular complexity index is 748. The fourth-order valence-corrected chi connectivity index (χ4v) is 3.10. The molecule has 1 unspecified atom stereocenters. The van der Waals surface area contributed by atoms with E-state index in [1.54, 1.807) is 17.2 Å². The van der Waals surface area contributed by atoms with Crippen molar-refractivity contribution in [2.75, 3.05) is 19.8 Å². The molecule has 0 aliphatic carbocycles. The number of ether oxygens (including phenoxy) is 2. The first-order valence-corrected chi connectivity index (χ1v) is 8.70. The number of carbonyl (C=O) groups excluding carboxylic acids is 2. The summed E-state index contributed by atoms with van der Waals surface area (Å²) in [6.07, 6.45) is 1.75. The van der Waals surface area contributed by atoms with Crippen molar-refractivity contribution >= 4 is 11.9 Å². The zero-order valence-corrected chi connectivity index (χ0v) is 15.1. The maximum absolute atomic E-state index is 12.2. The van der Waals surface area contributed by atoms with Gasteiger partial charge in [0.25, 0.3) is 0 Å². The number of nitrogens with zero attached hydrogens (tertiary/aromatic N) is 1. The molecule has 138 valence electrons. The summed E-state index contributed by atoms with van der Waals surface area (Å²) in [5.41, 5.74) is 2.09. The Kier molecular flexibility index (Phi) is 5.61. The van der Waals surface area contributed by atoms with Crippen molar-refractivity contribution in [1.82, 2.24) is 4.90 Å². The molecule has 1 aliphatic heterocycles. The highest BCUT2D eigenvalue weighted by Gasteiger charge is 2.35. The number of hydrogen-bond donors (Lipinski definition) is 0. The molecule has 1 amide bonds. The number of aryl methyl sites for hydroxylation is 2. The molecule has 2 heterocycles. The number of hydrogen-bond acceptors (Lipinski definition) is 5. The highest BCUT2D eigenvalue weighted by atomic mass is 16.6. The Labute approximate surface area is 152 Å². The lowest BCUT2D eigenvalue weighted by molar-refractivity contribution is -0.149. The molecule has 1 atom stereocenters. The van der Waals surface area contributed by atoms with Crippen molar-refractivity contribution < 1.29 is 23.5 Å². The lowest BCUT2D eigenvalue weighted by Crippen LogP contribution is -2.26. The third kappa shape index (κ3) is 4.25. The van der Waals surface area contributed by atoms with Gasteiger partial charge in [0.1, 0.15) is 24.7 Å². The van der Waals surface area contributed by atoms with Crippen LogP contribution in [0.2, 0.25) is 0 Å². The van der Waals surface area contributed by atoms with Crippen LogP contribution in [0.3, 0.4) is 0 Å². The van der Waals surface area contributed by atoms with E-state index >= 15 is 0 Å². The minimum absolute atomic E-state index is 0.0601. The van der Waals surface area contributed by atoms with Gasteiger partial charge in [-0.1, -0.05) is 18.2 Å². The van der Waals surface area contributed by atoms with Gasteiger partial charge in [-0.3, -0.25) is 9.59 Å². The number of para-hydroxylation sites is 1. The van der Waals surface area contributed by atoms with Crippen molar-refractivity contribution in [3.63, 3.8) is 0 Å². The van der Waals surface area contributed by atoms with Gasteiger partial charge in [-0.25, -0.2) is 0 Å². The minimum atomic E-state index is -0.433. The summed E-state index contributed by atoms with van der Waals surface area (Å²) in [4.78, 5) is 25.9. The molecule has 6 heteroatoms. The van der Waals surface area contributed by atoms with Crippen molar-refractivity contribution in [3.05, 3.63) is 53.5 Å². The summed E-state index contributed by atoms with van der Waals surface area (Å²) >= 11 is 0. The molecular weight excluding hydrogens is 334 g/mol. The molecule has 1 aromatic carbocycles. The second-order valence-electron chi connectivity index (χ2n) is 6.49. The predicted molar refractivity (Wildman–Crippen MR) is 94.6 cm³/mol. The lowest BCUT2D eigenvalue weighted by atomic mass is 10.1. The molecule has 26 heavy (non-hydrogen) atoms. The first-order valence-electron chi connectivity index (χ1n) is 8.70. The van der Waals surface area contributed by atoms with Gasteiger partial charge in [-0.05, 0) is 37.1 Å². The zero-order chi connectivity index (χ0) is 18.5. The standard InChI is InChI=1S/C20H23NO5/c1-14-5-3-6-15(2)19(14)25-9-10-26-20(23)16-11-18(22)21(12-16)13-17-7-4-8-24-17/h3-8,16H,9-13H2,1-2H3. The van der Waals surface area contributed by atoms with E-state index in [-0.39, 0.29) is 31.5 Å². The number of likely N-dealkylation sites (tertiary alicyclic amines) is 1. The fourth-order valence-electron chi connectivity index (χ4n) is 3.10. The van der Waals surface area contributed by atoms with Crippen LogP contribution in [0.25, 0.3) is 0 Å². The Morgan fingerprint density at radius 1 is 1.19 bits per heavy atom. The number of rotatable bonds is 7. The number of esters is 1. The maximum atomic E-state index is 12.2. The number of benzene rings is 1. The average Bonchev–Trinajstić information content (AvgIpc) is 3.24. The van der Waals surface area contributed by atoms with Crippen LogP contribution in [0, 0.1) is 19.8 Å². The lowest BCUT2D eigenvalue weighted by Gasteiger charge is -2.15. The van der Waals surface area contributed by atoms with E-state index in [4.69, 9.17) is 13.9 Å². The second-order valence-corrected chi connectivity index (χ2v) is 6.49. The van der Waals surface area contributed by atoms with E-state index in [1.165, 1.54) is 0 Å². The van der Waals surface area contributed by atoms with Gasteiger partial charge < -0.3 is 18.8 Å². The molecule has 0 N–H and O–H groups in total. The molecule has 0 saturated carbocycles. The zero-order valence-electron chi connectivity index (χ0n) is 15.1. The van der Waals surface area contributed by atoms with Crippen LogP contribution in [0.15, 0.2) is 41.0 Å². The molecular formula is C20H23NO5. The van der Waals surface area contributed by atoms with Crippen molar-refractivity contribution in [3.8, 4) is 5.75 Å². The van der Waals surface area contributed by atoms with Crippen LogP contribution in [-0.2, 0) is 20.9 Å². The molecule has 3 rings (SSSR count). The smallest absolute Gasteiger partial charge is 0.311 e. The SMILES string of the molecule is Cc1cccc(C)c1OCCOC(=O)C1CC(=O)N(Cc2ccco2)C1. The van der Waals surface area contributed by atoms with Gasteiger partial charge >= 0.3 is 5.97 Å². The van der Waals surface area contributed by atoms with Crippen LogP contribution in [-0.4, -0.2) is 36.5 Å². The van der Waals surface area contributed by atoms with E-state index < -0.39 is 5.92 Å². The quantitative estimate of drug-likeness (QED) is 0.563. The summed E-state index contributed by atoms with van der Waals surface area (Å²) in [5.74, 6) is 0.678. The van der Waals surface area contributed by atoms with Gasteiger partial charge in [0, 0.05) is 13.0 Å². The summed E-state index contributed by atoms with van der Waals surface area (Å²) in [5, 5.41) is 0. The largest absolute Gasteiger partial charge is 0.489 e. The average molecular weight is 357 g/mol. The Morgan fingerprint density at radius 2 is 1.96 bits per heavy atom. The normalized spacial score (nSPS) is 16.8. The number of furan rings is 1. The van der Waals surface area contributed by atoms with Gasteiger partial charge in [0.15, 0.2) is 0 Å². The fraction of sp³-hybridized carbons (Fsp3) is 0.400. The van der Waals surface area contributed by atoms with E-state index in [0.29, 0.717) is 18.8 Å². The third-order valence-corrected chi connectivity index (χ3v) is 4.46. The van der Waals surface area contributed by atoms with Crippen molar-refractivity contribution in [1.29, 1.82) is 0 Å². The van der Waals surface area contributed by atoms with Gasteiger partial charge in [-0.15, -0.1) is 0 Å². The van der Waals surface area contributed by atoms with E-state index in [0.717, 1.165) is 16.9 Å². The van der Waals surface area contributed by atoms with E-state index in [9.17, 15) is 9.59 Å². The Morgan fingerprint density at radius 3 is 2.65 bits per heavy atom.